The second-order valence-corrected chi connectivity index (χ2v) is 6.77. The lowest BCUT2D eigenvalue weighted by Crippen LogP contribution is -2.39. The fourth-order valence-corrected chi connectivity index (χ4v) is 3.73. The van der Waals surface area contributed by atoms with Crippen LogP contribution in [-0.2, 0) is 10.0 Å². The van der Waals surface area contributed by atoms with E-state index in [1.54, 1.807) is 26.0 Å². The van der Waals surface area contributed by atoms with E-state index in [1.165, 1.54) is 4.31 Å². The summed E-state index contributed by atoms with van der Waals surface area (Å²) in [6.07, 6.45) is 0. The Labute approximate surface area is 115 Å². The largest absolute Gasteiger partial charge is 0.398 e. The van der Waals surface area contributed by atoms with Crippen LogP contribution in [0.1, 0.15) is 25.0 Å². The molecule has 0 spiro atoms. The van der Waals surface area contributed by atoms with Crippen LogP contribution < -0.4 is 5.73 Å². The maximum atomic E-state index is 12.6. The van der Waals surface area contributed by atoms with Gasteiger partial charge in [0.1, 0.15) is 4.90 Å². The monoisotopic (exact) mass is 286 g/mol. The maximum Gasteiger partial charge on any atom is 0.245 e. The van der Waals surface area contributed by atoms with Crippen molar-refractivity contribution >= 4 is 15.7 Å². The Bertz CT molecular complexity index is 553. The Balaban J connectivity index is 3.37. The first-order chi connectivity index (χ1) is 8.71. The molecule has 1 aromatic carbocycles. The van der Waals surface area contributed by atoms with E-state index in [0.717, 1.165) is 11.1 Å². The second kappa shape index (κ2) is 5.90. The summed E-state index contributed by atoms with van der Waals surface area (Å²) in [5.41, 5.74) is 7.91. The number of nitrogens with zero attached hydrogens (tertiary/aromatic N) is 1. The molecule has 0 heterocycles. The van der Waals surface area contributed by atoms with E-state index >= 15 is 0 Å². The van der Waals surface area contributed by atoms with Crippen molar-refractivity contribution in [2.45, 2.75) is 38.6 Å². The Hall–Kier alpha value is -1.11. The fraction of sp³-hybridized carbons (Fsp3) is 0.538. The Kier molecular flexibility index (Phi) is 4.95. The number of hydrogen-bond donors (Lipinski definition) is 2. The first-order valence-corrected chi connectivity index (χ1v) is 7.65. The first-order valence-electron chi connectivity index (χ1n) is 6.21. The van der Waals surface area contributed by atoms with Crippen LogP contribution in [0.5, 0.6) is 0 Å². The molecule has 0 atom stereocenters. The lowest BCUT2D eigenvalue weighted by atomic mass is 10.1. The van der Waals surface area contributed by atoms with Crippen molar-refractivity contribution in [3.8, 4) is 0 Å². The Morgan fingerprint density at radius 2 is 1.79 bits per heavy atom. The van der Waals surface area contributed by atoms with Crippen LogP contribution in [0.25, 0.3) is 0 Å². The summed E-state index contributed by atoms with van der Waals surface area (Å²) in [4.78, 5) is 0.109. The molecule has 0 unspecified atom stereocenters. The summed E-state index contributed by atoms with van der Waals surface area (Å²) >= 11 is 0. The van der Waals surface area contributed by atoms with Gasteiger partial charge in [-0.3, -0.25) is 0 Å². The van der Waals surface area contributed by atoms with Crippen LogP contribution in [-0.4, -0.2) is 37.0 Å². The van der Waals surface area contributed by atoms with E-state index in [1.807, 2.05) is 13.8 Å². The van der Waals surface area contributed by atoms with Gasteiger partial charge < -0.3 is 10.8 Å². The Morgan fingerprint density at radius 1 is 1.26 bits per heavy atom. The molecule has 0 fully saturated rings. The zero-order chi connectivity index (χ0) is 14.8. The summed E-state index contributed by atoms with van der Waals surface area (Å²) in [6.45, 7) is 7.11. The van der Waals surface area contributed by atoms with Crippen molar-refractivity contribution in [2.24, 2.45) is 0 Å². The van der Waals surface area contributed by atoms with E-state index in [0.29, 0.717) is 0 Å². The zero-order valence-electron chi connectivity index (χ0n) is 11.8. The molecular weight excluding hydrogens is 264 g/mol. The van der Waals surface area contributed by atoms with Crippen molar-refractivity contribution < 1.29 is 13.5 Å². The van der Waals surface area contributed by atoms with E-state index in [-0.39, 0.29) is 29.8 Å². The van der Waals surface area contributed by atoms with Gasteiger partial charge in [-0.05, 0) is 51.0 Å². The van der Waals surface area contributed by atoms with Gasteiger partial charge >= 0.3 is 0 Å². The van der Waals surface area contributed by atoms with Crippen LogP contribution in [0.2, 0.25) is 0 Å². The molecule has 5 nitrogen and oxygen atoms in total. The molecule has 3 N–H and O–H groups in total. The number of rotatable bonds is 5. The van der Waals surface area contributed by atoms with E-state index in [4.69, 9.17) is 10.8 Å². The van der Waals surface area contributed by atoms with Crippen molar-refractivity contribution in [1.82, 2.24) is 4.31 Å². The number of nitrogen functional groups attached to an aromatic ring is 1. The smallest absolute Gasteiger partial charge is 0.245 e. The number of nitrogens with two attached hydrogens (primary N) is 1. The van der Waals surface area contributed by atoms with Gasteiger partial charge in [0.2, 0.25) is 10.0 Å². The molecule has 0 saturated heterocycles. The second-order valence-electron chi connectivity index (χ2n) is 4.91. The molecule has 0 amide bonds. The molecule has 0 bridgehead atoms. The van der Waals surface area contributed by atoms with Crippen LogP contribution in [0.3, 0.4) is 0 Å². The zero-order valence-corrected chi connectivity index (χ0v) is 12.7. The average molecular weight is 286 g/mol. The predicted octanol–water partition coefficient (Wildman–Crippen LogP) is 1.28. The van der Waals surface area contributed by atoms with E-state index in [2.05, 4.69) is 0 Å². The number of anilines is 1. The molecule has 19 heavy (non-hydrogen) atoms. The van der Waals surface area contributed by atoms with Gasteiger partial charge in [-0.1, -0.05) is 0 Å². The average Bonchev–Trinajstić information content (AvgIpc) is 2.29. The maximum absolute atomic E-state index is 12.6. The van der Waals surface area contributed by atoms with Crippen molar-refractivity contribution in [2.75, 3.05) is 18.9 Å². The molecule has 1 aromatic rings. The number of aliphatic hydroxyl groups excluding tert-OH is 1. The third-order valence-corrected chi connectivity index (χ3v) is 5.24. The molecule has 0 aliphatic carbocycles. The van der Waals surface area contributed by atoms with Crippen molar-refractivity contribution in [3.63, 3.8) is 0 Å². The quantitative estimate of drug-likeness (QED) is 0.799. The molecule has 0 aliphatic rings. The number of aliphatic hydroxyl groups is 1. The summed E-state index contributed by atoms with van der Waals surface area (Å²) in [5, 5.41) is 9.03. The summed E-state index contributed by atoms with van der Waals surface area (Å²) < 4.78 is 26.4. The fourth-order valence-electron chi connectivity index (χ4n) is 1.92. The van der Waals surface area contributed by atoms with Gasteiger partial charge in [0.15, 0.2) is 0 Å². The first kappa shape index (κ1) is 15.9. The van der Waals surface area contributed by atoms with Crippen LogP contribution in [0.4, 0.5) is 5.69 Å². The van der Waals surface area contributed by atoms with Crippen molar-refractivity contribution in [3.05, 3.63) is 23.3 Å². The number of aryl methyl sites for hydroxylation is 2. The van der Waals surface area contributed by atoms with Crippen molar-refractivity contribution in [1.29, 1.82) is 0 Å². The molecule has 0 aromatic heterocycles. The molecule has 0 radical (unpaired) electrons. The highest BCUT2D eigenvalue weighted by atomic mass is 32.2. The summed E-state index contributed by atoms with van der Waals surface area (Å²) in [6, 6.07) is 3.02. The molecule has 0 aliphatic heterocycles. The lowest BCUT2D eigenvalue weighted by Gasteiger charge is -2.26. The van der Waals surface area contributed by atoms with E-state index < -0.39 is 10.0 Å². The number of hydrogen-bond acceptors (Lipinski definition) is 4. The lowest BCUT2D eigenvalue weighted by molar-refractivity contribution is 0.236. The Morgan fingerprint density at radius 3 is 2.26 bits per heavy atom. The molecule has 108 valence electrons. The normalized spacial score (nSPS) is 12.4. The summed E-state index contributed by atoms with van der Waals surface area (Å²) in [7, 11) is -3.68. The SMILES string of the molecule is Cc1cc(N)c(S(=O)(=O)N(CCO)C(C)C)cc1C. The van der Waals surface area contributed by atoms with Crippen LogP contribution in [0.15, 0.2) is 17.0 Å². The number of sulfonamides is 1. The third-order valence-electron chi connectivity index (χ3n) is 3.11. The minimum Gasteiger partial charge on any atom is -0.398 e. The van der Waals surface area contributed by atoms with Gasteiger partial charge in [0.25, 0.3) is 0 Å². The number of benzene rings is 1. The third kappa shape index (κ3) is 3.26. The topological polar surface area (TPSA) is 83.6 Å². The molecule has 1 rings (SSSR count). The minimum absolute atomic E-state index is 0.0619. The highest BCUT2D eigenvalue weighted by molar-refractivity contribution is 7.89. The molecular formula is C13H22N2O3S. The van der Waals surface area contributed by atoms with Gasteiger partial charge in [0, 0.05) is 12.6 Å². The summed E-state index contributed by atoms with van der Waals surface area (Å²) in [5.74, 6) is 0. The van der Waals surface area contributed by atoms with Gasteiger partial charge in [-0.2, -0.15) is 4.31 Å². The highest BCUT2D eigenvalue weighted by Crippen LogP contribution is 2.26. The predicted molar refractivity (Wildman–Crippen MR) is 76.4 cm³/mol. The van der Waals surface area contributed by atoms with Crippen LogP contribution in [0, 0.1) is 13.8 Å². The minimum atomic E-state index is -3.68. The van der Waals surface area contributed by atoms with E-state index in [9.17, 15) is 8.42 Å². The van der Waals surface area contributed by atoms with Gasteiger partial charge in [-0.15, -0.1) is 0 Å². The van der Waals surface area contributed by atoms with Gasteiger partial charge in [-0.25, -0.2) is 8.42 Å². The standard InChI is InChI=1S/C13H22N2O3S/c1-9(2)15(5-6-16)19(17,18)13-8-11(4)10(3)7-12(13)14/h7-9,16H,5-6,14H2,1-4H3. The molecule has 6 heteroatoms. The van der Waals surface area contributed by atoms with Crippen LogP contribution >= 0.6 is 0 Å². The highest BCUT2D eigenvalue weighted by Gasteiger charge is 2.28. The van der Waals surface area contributed by atoms with Gasteiger partial charge in [0.05, 0.1) is 12.3 Å². The molecule has 0 saturated carbocycles.